The molecule has 0 aromatic heterocycles. The maximum atomic E-state index is 11.7. The van der Waals surface area contributed by atoms with Gasteiger partial charge in [-0.3, -0.25) is 0 Å². The van der Waals surface area contributed by atoms with Crippen LogP contribution in [0.4, 0.5) is 0 Å². The highest BCUT2D eigenvalue weighted by molar-refractivity contribution is 5.74. The van der Waals surface area contributed by atoms with Crippen molar-refractivity contribution < 1.29 is 14.3 Å². The first-order chi connectivity index (χ1) is 14.3. The lowest BCUT2D eigenvalue weighted by atomic mass is 10.2. The smallest absolute Gasteiger partial charge is 0.335 e. The van der Waals surface area contributed by atoms with Gasteiger partial charge in [0.15, 0.2) is 6.10 Å². The molecule has 3 nitrogen and oxygen atoms in total. The molecule has 1 unspecified atom stereocenters. The second-order valence-electron chi connectivity index (χ2n) is 6.35. The molecule has 0 bridgehead atoms. The number of esters is 1. The van der Waals surface area contributed by atoms with Crippen LogP contribution in [-0.4, -0.2) is 25.3 Å². The van der Waals surface area contributed by atoms with Gasteiger partial charge in [0, 0.05) is 13.0 Å². The largest absolute Gasteiger partial charge is 0.464 e. The van der Waals surface area contributed by atoms with E-state index in [1.165, 1.54) is 0 Å². The maximum Gasteiger partial charge on any atom is 0.335 e. The number of ether oxygens (including phenoxy) is 2. The molecule has 1 atom stereocenters. The van der Waals surface area contributed by atoms with Crippen molar-refractivity contribution in [2.45, 2.75) is 71.8 Å². The summed E-state index contributed by atoms with van der Waals surface area (Å²) < 4.78 is 10.4. The lowest BCUT2D eigenvalue weighted by molar-refractivity contribution is -0.156. The zero-order valence-electron chi connectivity index (χ0n) is 18.6. The summed E-state index contributed by atoms with van der Waals surface area (Å²) in [4.78, 5) is 11.7. The molecule has 29 heavy (non-hydrogen) atoms. The van der Waals surface area contributed by atoms with E-state index in [4.69, 9.17) is 9.47 Å². The quantitative estimate of drug-likeness (QED) is 0.194. The number of hydrogen-bond donors (Lipinski definition) is 0. The molecule has 0 fully saturated rings. The van der Waals surface area contributed by atoms with Crippen molar-refractivity contribution >= 4 is 5.97 Å². The molecule has 0 spiro atoms. The average molecular weight is 401 g/mol. The molecular weight excluding hydrogens is 360 g/mol. The van der Waals surface area contributed by atoms with Gasteiger partial charge in [-0.05, 0) is 52.4 Å². The molecule has 162 valence electrons. The van der Waals surface area contributed by atoms with Crippen LogP contribution < -0.4 is 0 Å². The van der Waals surface area contributed by atoms with E-state index >= 15 is 0 Å². The number of carbonyl (C=O) groups excluding carboxylic acids is 1. The second kappa shape index (κ2) is 22.2. The third-order valence-electron chi connectivity index (χ3n) is 3.86. The molecule has 0 saturated heterocycles. The minimum Gasteiger partial charge on any atom is -0.464 e. The summed E-state index contributed by atoms with van der Waals surface area (Å²) in [6, 6.07) is 0. The van der Waals surface area contributed by atoms with E-state index in [9.17, 15) is 4.79 Å². The molecule has 0 aromatic carbocycles. The minimum atomic E-state index is -0.496. The van der Waals surface area contributed by atoms with E-state index in [-0.39, 0.29) is 5.97 Å². The molecule has 0 heterocycles. The van der Waals surface area contributed by atoms with Gasteiger partial charge < -0.3 is 9.47 Å². The molecule has 3 heteroatoms. The third kappa shape index (κ3) is 19.0. The molecule has 0 aliphatic carbocycles. The Hall–Kier alpha value is -2.13. The van der Waals surface area contributed by atoms with Crippen molar-refractivity contribution in [3.8, 4) is 0 Å². The molecule has 0 rings (SSSR count). The Kier molecular flexibility index (Phi) is 20.5. The Balaban J connectivity index is 3.81. The van der Waals surface area contributed by atoms with Gasteiger partial charge >= 0.3 is 5.97 Å². The molecule has 0 aromatic rings. The summed E-state index contributed by atoms with van der Waals surface area (Å²) in [5.74, 6) is -0.283. The van der Waals surface area contributed by atoms with E-state index in [0.717, 1.165) is 38.5 Å². The fourth-order valence-electron chi connectivity index (χ4n) is 2.41. The molecule has 0 saturated carbocycles. The monoisotopic (exact) mass is 400 g/mol. The van der Waals surface area contributed by atoms with Crippen LogP contribution in [0.2, 0.25) is 0 Å². The van der Waals surface area contributed by atoms with Crippen molar-refractivity contribution in [1.29, 1.82) is 0 Å². The van der Waals surface area contributed by atoms with Crippen LogP contribution in [0, 0.1) is 0 Å². The summed E-state index contributed by atoms with van der Waals surface area (Å²) in [5.41, 5.74) is 0. The summed E-state index contributed by atoms with van der Waals surface area (Å²) >= 11 is 0. The first-order valence-electron chi connectivity index (χ1n) is 10.9. The number of allylic oxidation sites excluding steroid dienone is 11. The number of hydrogen-bond acceptors (Lipinski definition) is 3. The van der Waals surface area contributed by atoms with Crippen LogP contribution in [0.1, 0.15) is 65.7 Å². The normalized spacial score (nSPS) is 13.9. The predicted octanol–water partition coefficient (Wildman–Crippen LogP) is 7.04. The van der Waals surface area contributed by atoms with E-state index in [0.29, 0.717) is 19.6 Å². The Morgan fingerprint density at radius 2 is 1.03 bits per heavy atom. The Labute approximate surface area is 178 Å². The van der Waals surface area contributed by atoms with E-state index in [1.807, 2.05) is 13.0 Å². The van der Waals surface area contributed by atoms with Gasteiger partial charge in [0.05, 0.1) is 6.61 Å². The average Bonchev–Trinajstić information content (AvgIpc) is 2.72. The zero-order chi connectivity index (χ0) is 21.4. The lowest BCUT2D eigenvalue weighted by Gasteiger charge is -2.13. The predicted molar refractivity (Wildman–Crippen MR) is 125 cm³/mol. The van der Waals surface area contributed by atoms with Gasteiger partial charge in [-0.25, -0.2) is 4.79 Å². The van der Waals surface area contributed by atoms with Crippen LogP contribution in [-0.2, 0) is 14.3 Å². The maximum absolute atomic E-state index is 11.7. The standard InChI is InChI=1S/C26H40O3/c1-4-7-8-9-10-11-12-13-14-15-16-17-18-19-20-21-22-23-24-25(28-5-2)26(27)29-6-3/h7-8,10-11,13-14,16-17,19-20,22-23,25H,4-6,9,12,15,18,21,24H2,1-3H3. The van der Waals surface area contributed by atoms with Crippen LogP contribution in [0.15, 0.2) is 72.9 Å². The van der Waals surface area contributed by atoms with Gasteiger partial charge in [0.25, 0.3) is 0 Å². The Morgan fingerprint density at radius 1 is 0.621 bits per heavy atom. The fraction of sp³-hybridized carbons (Fsp3) is 0.500. The zero-order valence-corrected chi connectivity index (χ0v) is 18.6. The Morgan fingerprint density at radius 3 is 1.41 bits per heavy atom. The Bertz CT molecular complexity index is 550. The van der Waals surface area contributed by atoms with Crippen LogP contribution >= 0.6 is 0 Å². The highest BCUT2D eigenvalue weighted by atomic mass is 16.6. The topological polar surface area (TPSA) is 35.5 Å². The van der Waals surface area contributed by atoms with E-state index < -0.39 is 6.10 Å². The number of carbonyl (C=O) groups is 1. The summed E-state index contributed by atoms with van der Waals surface area (Å²) in [6.07, 6.45) is 31.9. The van der Waals surface area contributed by atoms with Gasteiger partial charge in [-0.2, -0.15) is 0 Å². The first kappa shape index (κ1) is 26.9. The van der Waals surface area contributed by atoms with Crippen molar-refractivity contribution in [3.05, 3.63) is 72.9 Å². The summed E-state index contributed by atoms with van der Waals surface area (Å²) in [5, 5.41) is 0. The molecule has 0 N–H and O–H groups in total. The molecule has 0 radical (unpaired) electrons. The minimum absolute atomic E-state index is 0.283. The van der Waals surface area contributed by atoms with Gasteiger partial charge in [0.2, 0.25) is 0 Å². The molecule has 0 amide bonds. The van der Waals surface area contributed by atoms with Crippen molar-refractivity contribution in [1.82, 2.24) is 0 Å². The van der Waals surface area contributed by atoms with Gasteiger partial charge in [-0.1, -0.05) is 79.8 Å². The molecule has 0 aliphatic heterocycles. The van der Waals surface area contributed by atoms with Crippen LogP contribution in [0.5, 0.6) is 0 Å². The molecule has 0 aliphatic rings. The van der Waals surface area contributed by atoms with Crippen LogP contribution in [0.25, 0.3) is 0 Å². The van der Waals surface area contributed by atoms with Gasteiger partial charge in [-0.15, -0.1) is 0 Å². The van der Waals surface area contributed by atoms with Crippen molar-refractivity contribution in [2.75, 3.05) is 13.2 Å². The summed E-state index contributed by atoms with van der Waals surface area (Å²) in [7, 11) is 0. The fourth-order valence-corrected chi connectivity index (χ4v) is 2.41. The highest BCUT2D eigenvalue weighted by Gasteiger charge is 2.17. The molecular formula is C26H40O3. The van der Waals surface area contributed by atoms with Crippen molar-refractivity contribution in [2.24, 2.45) is 0 Å². The SMILES string of the molecule is CCC=CCC=CCC=CCC=CCC=CCC=CCC(OCC)C(=O)OCC. The van der Waals surface area contributed by atoms with Crippen LogP contribution in [0.3, 0.4) is 0 Å². The first-order valence-corrected chi connectivity index (χ1v) is 10.9. The van der Waals surface area contributed by atoms with E-state index in [2.05, 4.69) is 73.8 Å². The van der Waals surface area contributed by atoms with Gasteiger partial charge in [0.1, 0.15) is 0 Å². The van der Waals surface area contributed by atoms with E-state index in [1.54, 1.807) is 6.92 Å². The second-order valence-corrected chi connectivity index (χ2v) is 6.35. The lowest BCUT2D eigenvalue weighted by Crippen LogP contribution is -2.26. The third-order valence-corrected chi connectivity index (χ3v) is 3.86. The van der Waals surface area contributed by atoms with Crippen molar-refractivity contribution in [3.63, 3.8) is 0 Å². The number of rotatable bonds is 17. The highest BCUT2D eigenvalue weighted by Crippen LogP contribution is 2.04. The summed E-state index contributed by atoms with van der Waals surface area (Å²) in [6.45, 7) is 6.72.